The van der Waals surface area contributed by atoms with Crippen molar-refractivity contribution >= 4 is 5.91 Å². The first kappa shape index (κ1) is 17.6. The van der Waals surface area contributed by atoms with E-state index in [4.69, 9.17) is 9.26 Å². The highest BCUT2D eigenvalue weighted by atomic mass is 19.1. The molecule has 1 heterocycles. The molecule has 0 unspecified atom stereocenters. The Hall–Kier alpha value is -3.22. The monoisotopic (exact) mass is 355 g/mol. The maximum absolute atomic E-state index is 13.3. The van der Waals surface area contributed by atoms with Crippen LogP contribution in [0.3, 0.4) is 0 Å². The average molecular weight is 355 g/mol. The third kappa shape index (κ3) is 4.44. The van der Waals surface area contributed by atoms with Crippen LogP contribution in [0.2, 0.25) is 0 Å². The molecular formula is C19H18FN3O3. The Kier molecular flexibility index (Phi) is 5.26. The van der Waals surface area contributed by atoms with Gasteiger partial charge in [0.2, 0.25) is 5.82 Å². The Labute approximate surface area is 150 Å². The van der Waals surface area contributed by atoms with Crippen LogP contribution < -0.4 is 10.1 Å². The van der Waals surface area contributed by atoms with Crippen molar-refractivity contribution in [2.24, 2.45) is 0 Å². The summed E-state index contributed by atoms with van der Waals surface area (Å²) in [4.78, 5) is 16.0. The number of amides is 1. The van der Waals surface area contributed by atoms with Gasteiger partial charge in [-0.1, -0.05) is 23.4 Å². The summed E-state index contributed by atoms with van der Waals surface area (Å²) in [6.45, 7) is 3.68. The minimum absolute atomic E-state index is 0.0537. The molecule has 0 aliphatic heterocycles. The molecule has 3 aromatic rings. The molecule has 26 heavy (non-hydrogen) atoms. The summed E-state index contributed by atoms with van der Waals surface area (Å²) in [7, 11) is 0. The molecular weight excluding hydrogens is 337 g/mol. The summed E-state index contributed by atoms with van der Waals surface area (Å²) >= 11 is 0. The third-order valence-electron chi connectivity index (χ3n) is 3.41. The van der Waals surface area contributed by atoms with Crippen molar-refractivity contribution in [2.75, 3.05) is 6.61 Å². The summed E-state index contributed by atoms with van der Waals surface area (Å²) < 4.78 is 24.0. The lowest BCUT2D eigenvalue weighted by Gasteiger charge is -2.10. The van der Waals surface area contributed by atoms with E-state index in [1.807, 2.05) is 13.8 Å². The van der Waals surface area contributed by atoms with Crippen LogP contribution in [0.15, 0.2) is 53.1 Å². The first-order valence-corrected chi connectivity index (χ1v) is 8.13. The molecule has 0 bridgehead atoms. The van der Waals surface area contributed by atoms with E-state index in [1.54, 1.807) is 36.4 Å². The van der Waals surface area contributed by atoms with E-state index in [-0.39, 0.29) is 30.3 Å². The normalized spacial score (nSPS) is 10.8. The van der Waals surface area contributed by atoms with Gasteiger partial charge in [-0.15, -0.1) is 0 Å². The maximum atomic E-state index is 13.3. The van der Waals surface area contributed by atoms with Gasteiger partial charge < -0.3 is 14.6 Å². The fraction of sp³-hybridized carbons (Fsp3) is 0.211. The van der Waals surface area contributed by atoms with Crippen molar-refractivity contribution in [1.82, 2.24) is 15.5 Å². The molecule has 2 aromatic carbocycles. The van der Waals surface area contributed by atoms with Gasteiger partial charge >= 0.3 is 0 Å². The molecule has 0 spiro atoms. The molecule has 0 aliphatic rings. The van der Waals surface area contributed by atoms with Gasteiger partial charge in [-0.3, -0.25) is 4.79 Å². The minimum atomic E-state index is -0.377. The summed E-state index contributed by atoms with van der Waals surface area (Å²) in [6, 6.07) is 13.0. The molecule has 3 rings (SSSR count). The molecule has 7 heteroatoms. The van der Waals surface area contributed by atoms with Gasteiger partial charge in [0.1, 0.15) is 11.6 Å². The van der Waals surface area contributed by atoms with Gasteiger partial charge in [0, 0.05) is 17.2 Å². The molecule has 0 radical (unpaired) electrons. The van der Waals surface area contributed by atoms with Crippen LogP contribution in [-0.2, 0) is 4.79 Å². The highest BCUT2D eigenvalue weighted by Crippen LogP contribution is 2.25. The van der Waals surface area contributed by atoms with Crippen LogP contribution in [0.4, 0.5) is 4.39 Å². The van der Waals surface area contributed by atoms with Crippen molar-refractivity contribution in [1.29, 1.82) is 0 Å². The van der Waals surface area contributed by atoms with Crippen LogP contribution in [0.1, 0.15) is 13.8 Å². The molecule has 1 aromatic heterocycles. The lowest BCUT2D eigenvalue weighted by atomic mass is 10.2. The number of benzene rings is 2. The Morgan fingerprint density at radius 2 is 1.96 bits per heavy atom. The van der Waals surface area contributed by atoms with Gasteiger partial charge in [-0.05, 0) is 44.2 Å². The van der Waals surface area contributed by atoms with Gasteiger partial charge in [-0.2, -0.15) is 4.98 Å². The Morgan fingerprint density at radius 3 is 2.73 bits per heavy atom. The smallest absolute Gasteiger partial charge is 0.258 e. The lowest BCUT2D eigenvalue weighted by Crippen LogP contribution is -2.34. The number of nitrogens with zero attached hydrogens (tertiary/aromatic N) is 2. The van der Waals surface area contributed by atoms with E-state index in [0.29, 0.717) is 22.7 Å². The predicted molar refractivity (Wildman–Crippen MR) is 93.9 cm³/mol. The number of rotatable bonds is 6. The standard InChI is InChI=1S/C19H18FN3O3/c1-12(2)21-17(24)11-25-16-8-4-5-13(10-16)18-22-19(26-23-18)14-6-3-7-15(20)9-14/h3-10,12H,11H2,1-2H3,(H,21,24). The van der Waals surface area contributed by atoms with Gasteiger partial charge in [0.15, 0.2) is 6.61 Å². The zero-order valence-corrected chi connectivity index (χ0v) is 14.4. The first-order valence-electron chi connectivity index (χ1n) is 8.13. The Bertz CT molecular complexity index is 908. The quantitative estimate of drug-likeness (QED) is 0.733. The van der Waals surface area contributed by atoms with E-state index in [9.17, 15) is 9.18 Å². The summed E-state index contributed by atoms with van der Waals surface area (Å²) in [5.74, 6) is 0.512. The topological polar surface area (TPSA) is 77.2 Å². The number of carbonyl (C=O) groups is 1. The van der Waals surface area contributed by atoms with Gasteiger partial charge in [0.25, 0.3) is 11.8 Å². The number of ether oxygens (including phenoxy) is 1. The highest BCUT2D eigenvalue weighted by molar-refractivity contribution is 5.77. The largest absolute Gasteiger partial charge is 0.484 e. The molecule has 134 valence electrons. The summed E-state index contributed by atoms with van der Waals surface area (Å²) in [5.41, 5.74) is 1.17. The molecule has 0 saturated carbocycles. The van der Waals surface area contributed by atoms with Crippen molar-refractivity contribution in [2.45, 2.75) is 19.9 Å². The zero-order valence-electron chi connectivity index (χ0n) is 14.4. The fourth-order valence-electron chi connectivity index (χ4n) is 2.32. The zero-order chi connectivity index (χ0) is 18.5. The van der Waals surface area contributed by atoms with Crippen molar-refractivity contribution < 1.29 is 18.4 Å². The number of halogens is 1. The number of hydrogen-bond donors (Lipinski definition) is 1. The molecule has 0 atom stereocenters. The number of hydrogen-bond acceptors (Lipinski definition) is 5. The van der Waals surface area contributed by atoms with E-state index in [2.05, 4.69) is 15.5 Å². The highest BCUT2D eigenvalue weighted by Gasteiger charge is 2.12. The lowest BCUT2D eigenvalue weighted by molar-refractivity contribution is -0.123. The Morgan fingerprint density at radius 1 is 1.19 bits per heavy atom. The van der Waals surface area contributed by atoms with Crippen LogP contribution in [-0.4, -0.2) is 28.7 Å². The van der Waals surface area contributed by atoms with Gasteiger partial charge in [0.05, 0.1) is 0 Å². The van der Waals surface area contributed by atoms with E-state index in [1.165, 1.54) is 12.1 Å². The number of nitrogens with one attached hydrogen (secondary N) is 1. The predicted octanol–water partition coefficient (Wildman–Crippen LogP) is 3.45. The van der Waals surface area contributed by atoms with Crippen LogP contribution in [0, 0.1) is 5.82 Å². The molecule has 6 nitrogen and oxygen atoms in total. The number of aromatic nitrogens is 2. The second-order valence-electron chi connectivity index (χ2n) is 5.97. The average Bonchev–Trinajstić information content (AvgIpc) is 3.10. The van der Waals surface area contributed by atoms with E-state index >= 15 is 0 Å². The minimum Gasteiger partial charge on any atom is -0.484 e. The molecule has 0 saturated heterocycles. The van der Waals surface area contributed by atoms with Gasteiger partial charge in [-0.25, -0.2) is 4.39 Å². The van der Waals surface area contributed by atoms with Crippen LogP contribution in [0.5, 0.6) is 5.75 Å². The van der Waals surface area contributed by atoms with E-state index in [0.717, 1.165) is 0 Å². The molecule has 0 aliphatic carbocycles. The second-order valence-corrected chi connectivity index (χ2v) is 5.97. The maximum Gasteiger partial charge on any atom is 0.258 e. The summed E-state index contributed by atoms with van der Waals surface area (Å²) in [5, 5.41) is 6.68. The molecule has 1 amide bonds. The number of carbonyl (C=O) groups excluding carboxylic acids is 1. The van der Waals surface area contributed by atoms with Crippen LogP contribution in [0.25, 0.3) is 22.8 Å². The second kappa shape index (κ2) is 7.77. The molecule has 0 fully saturated rings. The summed E-state index contributed by atoms with van der Waals surface area (Å²) in [6.07, 6.45) is 0. The Balaban J connectivity index is 1.73. The third-order valence-corrected chi connectivity index (χ3v) is 3.41. The van der Waals surface area contributed by atoms with Crippen molar-refractivity contribution in [3.05, 3.63) is 54.3 Å². The SMILES string of the molecule is CC(C)NC(=O)COc1cccc(-c2noc(-c3cccc(F)c3)n2)c1. The molecule has 1 N–H and O–H groups in total. The fourth-order valence-corrected chi connectivity index (χ4v) is 2.32. The van der Waals surface area contributed by atoms with Crippen molar-refractivity contribution in [3.8, 4) is 28.6 Å². The van der Waals surface area contributed by atoms with E-state index < -0.39 is 0 Å². The van der Waals surface area contributed by atoms with Crippen molar-refractivity contribution in [3.63, 3.8) is 0 Å². The first-order chi connectivity index (χ1) is 12.5. The van der Waals surface area contributed by atoms with Crippen LogP contribution >= 0.6 is 0 Å².